The second-order valence-electron chi connectivity index (χ2n) is 4.80. The van der Waals surface area contributed by atoms with Gasteiger partial charge < -0.3 is 19.8 Å². The van der Waals surface area contributed by atoms with Crippen molar-refractivity contribution in [1.29, 1.82) is 0 Å². The third-order valence-corrected chi connectivity index (χ3v) is 3.19. The minimum atomic E-state index is -1.38. The van der Waals surface area contributed by atoms with Crippen LogP contribution in [-0.2, 0) is 0 Å². The van der Waals surface area contributed by atoms with Crippen LogP contribution in [0.4, 0.5) is 0 Å². The summed E-state index contributed by atoms with van der Waals surface area (Å²) in [5.74, 6) is -2.76. The summed E-state index contributed by atoms with van der Waals surface area (Å²) in [6, 6.07) is 14.0. The Kier molecular flexibility index (Phi) is 3.98. The highest BCUT2D eigenvalue weighted by Gasteiger charge is 2.07. The molecule has 3 aromatic rings. The van der Waals surface area contributed by atoms with Gasteiger partial charge in [0.25, 0.3) is 0 Å². The number of carboxylic acid groups (broad SMARTS) is 2. The van der Waals surface area contributed by atoms with Crippen molar-refractivity contribution in [2.24, 2.45) is 0 Å². The highest BCUT2D eigenvalue weighted by molar-refractivity contribution is 5.84. The van der Waals surface area contributed by atoms with Crippen LogP contribution in [0, 0.1) is 0 Å². The molecule has 0 amide bonds. The fourth-order valence-electron chi connectivity index (χ4n) is 2.10. The maximum atomic E-state index is 10.9. The van der Waals surface area contributed by atoms with E-state index in [1.807, 2.05) is 0 Å². The molecule has 7 nitrogen and oxygen atoms in total. The molecule has 0 radical (unpaired) electrons. The van der Waals surface area contributed by atoms with E-state index in [1.54, 1.807) is 30.3 Å². The first-order valence-corrected chi connectivity index (χ1v) is 6.89. The zero-order valence-corrected chi connectivity index (χ0v) is 12.2. The normalized spacial score (nSPS) is 10.3. The summed E-state index contributed by atoms with van der Waals surface area (Å²) < 4.78 is 0. The smallest absolute Gasteiger partial charge is 0.0900 e. The number of hydrogen-bond acceptors (Lipinski definition) is 7. The lowest BCUT2D eigenvalue weighted by Gasteiger charge is -2.08. The van der Waals surface area contributed by atoms with Crippen LogP contribution in [0.2, 0.25) is 0 Å². The monoisotopic (exact) mass is 319 g/mol. The molecule has 0 atom stereocenters. The van der Waals surface area contributed by atoms with Gasteiger partial charge in [0.1, 0.15) is 0 Å². The van der Waals surface area contributed by atoms with Crippen molar-refractivity contribution in [3.63, 3.8) is 0 Å². The first-order chi connectivity index (χ1) is 11.5. The molecule has 7 heteroatoms. The van der Waals surface area contributed by atoms with E-state index in [0.29, 0.717) is 22.8 Å². The molecule has 0 unspecified atom stereocenters. The van der Waals surface area contributed by atoms with Gasteiger partial charge in [-0.05, 0) is 36.4 Å². The fraction of sp³-hybridized carbons (Fsp3) is 0. The summed E-state index contributed by atoms with van der Waals surface area (Å²) >= 11 is 0. The average Bonchev–Trinajstić information content (AvgIpc) is 2.62. The van der Waals surface area contributed by atoms with E-state index in [9.17, 15) is 19.8 Å². The van der Waals surface area contributed by atoms with Crippen LogP contribution in [0.3, 0.4) is 0 Å². The lowest BCUT2D eigenvalue weighted by Crippen LogP contribution is -2.23. The van der Waals surface area contributed by atoms with Crippen LogP contribution in [0.25, 0.3) is 22.8 Å². The first kappa shape index (κ1) is 15.3. The number of aromatic nitrogens is 3. The van der Waals surface area contributed by atoms with Gasteiger partial charge in [0.15, 0.2) is 0 Å². The maximum absolute atomic E-state index is 10.9. The summed E-state index contributed by atoms with van der Waals surface area (Å²) in [6.07, 6.45) is 0. The molecule has 24 heavy (non-hydrogen) atoms. The van der Waals surface area contributed by atoms with E-state index in [0.717, 1.165) is 0 Å². The first-order valence-electron chi connectivity index (χ1n) is 6.89. The number of hydrogen-bond donors (Lipinski definition) is 0. The third-order valence-electron chi connectivity index (χ3n) is 3.19. The van der Waals surface area contributed by atoms with Crippen LogP contribution >= 0.6 is 0 Å². The van der Waals surface area contributed by atoms with Crippen molar-refractivity contribution in [1.82, 2.24) is 15.0 Å². The lowest BCUT2D eigenvalue weighted by molar-refractivity contribution is -0.256. The lowest BCUT2D eigenvalue weighted by atomic mass is 10.2. The number of pyridine rings is 3. The van der Waals surface area contributed by atoms with Crippen LogP contribution in [-0.4, -0.2) is 26.9 Å². The number of carbonyl (C=O) groups is 2. The molecule has 3 aromatic heterocycles. The van der Waals surface area contributed by atoms with Gasteiger partial charge in [-0.15, -0.1) is 0 Å². The van der Waals surface area contributed by atoms with Crippen molar-refractivity contribution >= 4 is 11.9 Å². The van der Waals surface area contributed by atoms with Crippen LogP contribution < -0.4 is 10.2 Å². The summed E-state index contributed by atoms with van der Waals surface area (Å²) in [6.45, 7) is 0. The topological polar surface area (TPSA) is 119 Å². The molecule has 0 aliphatic heterocycles. The molecule has 3 rings (SSSR count). The molecule has 0 aliphatic rings. The van der Waals surface area contributed by atoms with E-state index < -0.39 is 11.9 Å². The molecule has 0 fully saturated rings. The van der Waals surface area contributed by atoms with Crippen LogP contribution in [0.5, 0.6) is 0 Å². The van der Waals surface area contributed by atoms with Gasteiger partial charge in [0.05, 0.1) is 46.1 Å². The van der Waals surface area contributed by atoms with Crippen molar-refractivity contribution in [3.8, 4) is 22.8 Å². The Balaban J connectivity index is 2.04. The Hall–Kier alpha value is -3.61. The van der Waals surface area contributed by atoms with Crippen molar-refractivity contribution in [2.75, 3.05) is 0 Å². The maximum Gasteiger partial charge on any atom is 0.0900 e. The fourth-order valence-corrected chi connectivity index (χ4v) is 2.10. The van der Waals surface area contributed by atoms with Crippen LogP contribution in [0.15, 0.2) is 54.6 Å². The second-order valence-corrected chi connectivity index (χ2v) is 4.80. The van der Waals surface area contributed by atoms with Gasteiger partial charge >= 0.3 is 0 Å². The minimum absolute atomic E-state index is 0.197. The standard InChI is InChI=1S/C17H11N3O4/c21-16(22)14-8-2-6-12(19-14)10-4-1-5-11(18-10)13-7-3-9-15(20-13)17(23)24/h1-9H,(H,21,22)(H,23,24)/p-2. The number of aromatic carboxylic acids is 2. The van der Waals surface area contributed by atoms with Gasteiger partial charge in [-0.3, -0.25) is 0 Å². The number of carboxylic acids is 2. The van der Waals surface area contributed by atoms with Gasteiger partial charge in [0.2, 0.25) is 0 Å². The van der Waals surface area contributed by atoms with E-state index in [-0.39, 0.29) is 11.4 Å². The van der Waals surface area contributed by atoms with E-state index in [2.05, 4.69) is 15.0 Å². The van der Waals surface area contributed by atoms with Crippen molar-refractivity contribution in [2.45, 2.75) is 0 Å². The van der Waals surface area contributed by atoms with Gasteiger partial charge in [-0.1, -0.05) is 18.2 Å². The van der Waals surface area contributed by atoms with Crippen molar-refractivity contribution in [3.05, 3.63) is 66.0 Å². The number of nitrogens with zero attached hydrogens (tertiary/aromatic N) is 3. The predicted octanol–water partition coefficient (Wildman–Crippen LogP) is -0.0674. The Morgan fingerprint density at radius 2 is 0.917 bits per heavy atom. The molecule has 0 saturated carbocycles. The molecular weight excluding hydrogens is 310 g/mol. The van der Waals surface area contributed by atoms with Gasteiger partial charge in [0, 0.05) is 0 Å². The summed E-state index contributed by atoms with van der Waals surface area (Å²) in [4.78, 5) is 34.1. The summed E-state index contributed by atoms with van der Waals surface area (Å²) in [7, 11) is 0. The minimum Gasteiger partial charge on any atom is -0.543 e. The highest BCUT2D eigenvalue weighted by atomic mass is 16.4. The van der Waals surface area contributed by atoms with Gasteiger partial charge in [-0.2, -0.15) is 0 Å². The highest BCUT2D eigenvalue weighted by Crippen LogP contribution is 2.20. The largest absolute Gasteiger partial charge is 0.543 e. The summed E-state index contributed by atoms with van der Waals surface area (Å²) in [5.41, 5.74) is 1.17. The third kappa shape index (κ3) is 3.09. The molecule has 0 aliphatic carbocycles. The molecule has 0 aromatic carbocycles. The predicted molar refractivity (Wildman–Crippen MR) is 79.4 cm³/mol. The molecule has 0 spiro atoms. The number of carbonyl (C=O) groups excluding carboxylic acids is 2. The van der Waals surface area contributed by atoms with Crippen molar-refractivity contribution < 1.29 is 19.8 Å². The number of rotatable bonds is 4. The van der Waals surface area contributed by atoms with Gasteiger partial charge in [-0.25, -0.2) is 15.0 Å². The average molecular weight is 319 g/mol. The Morgan fingerprint density at radius 1 is 0.583 bits per heavy atom. The Morgan fingerprint density at radius 3 is 1.29 bits per heavy atom. The molecule has 118 valence electrons. The summed E-state index contributed by atoms with van der Waals surface area (Å²) in [5, 5.41) is 21.8. The van der Waals surface area contributed by atoms with E-state index >= 15 is 0 Å². The quantitative estimate of drug-likeness (QED) is 0.660. The second kappa shape index (κ2) is 6.25. The SMILES string of the molecule is O=C([O-])c1cccc(-c2cccc(-c3cccc(C(=O)[O-])n3)n2)n1. The Bertz CT molecular complexity index is 868. The molecule has 0 saturated heterocycles. The molecule has 3 heterocycles. The zero-order valence-electron chi connectivity index (χ0n) is 12.2. The van der Waals surface area contributed by atoms with Crippen LogP contribution in [0.1, 0.15) is 21.0 Å². The van der Waals surface area contributed by atoms with E-state index in [1.165, 1.54) is 24.3 Å². The molecule has 0 bridgehead atoms. The van der Waals surface area contributed by atoms with E-state index in [4.69, 9.17) is 0 Å². The zero-order chi connectivity index (χ0) is 17.1. The Labute approximate surface area is 136 Å². The molecular formula is C17H9N3O4-2. The molecule has 0 N–H and O–H groups in total.